The van der Waals surface area contributed by atoms with Gasteiger partial charge in [0.25, 0.3) is 0 Å². The number of pyridine rings is 1. The molecule has 3 aromatic rings. The monoisotopic (exact) mass is 289 g/mol. The highest BCUT2D eigenvalue weighted by Crippen LogP contribution is 2.24. The quantitative estimate of drug-likeness (QED) is 0.464. The van der Waals surface area contributed by atoms with Crippen LogP contribution >= 0.6 is 28.1 Å². The lowest BCUT2D eigenvalue weighted by atomic mass is 10.1. The number of hydrogen-bond donors (Lipinski definition) is 1. The summed E-state index contributed by atoms with van der Waals surface area (Å²) in [7, 11) is 0. The van der Waals surface area contributed by atoms with Crippen LogP contribution in [0.4, 0.5) is 0 Å². The summed E-state index contributed by atoms with van der Waals surface area (Å²) in [4.78, 5) is 3.39. The number of para-hydroxylation sites is 1. The molecule has 78 valence electrons. The normalized spacial score (nSPS) is 11.1. The topological polar surface area (TPSA) is 15.8 Å². The first-order valence-corrected chi connectivity index (χ1v) is 6.16. The molecule has 0 atom stereocenters. The second-order valence-electron chi connectivity index (χ2n) is 3.69. The maximum absolute atomic E-state index is 5.51. The Morgan fingerprint density at radius 3 is 2.56 bits per heavy atom. The molecule has 0 spiro atoms. The molecule has 0 fully saturated rings. The van der Waals surface area contributed by atoms with Gasteiger partial charge >= 0.3 is 0 Å². The van der Waals surface area contributed by atoms with E-state index in [2.05, 4.69) is 33.0 Å². The first kappa shape index (κ1) is 10.00. The summed E-state index contributed by atoms with van der Waals surface area (Å²) in [5, 5.41) is 2.19. The first-order chi connectivity index (χ1) is 7.75. The van der Waals surface area contributed by atoms with E-state index in [9.17, 15) is 0 Å². The molecule has 1 nitrogen and oxygen atoms in total. The smallest absolute Gasteiger partial charge is 0.0563 e. The highest BCUT2D eigenvalue weighted by molar-refractivity contribution is 9.10. The number of benzene rings is 2. The Morgan fingerprint density at radius 1 is 0.938 bits per heavy atom. The van der Waals surface area contributed by atoms with E-state index in [1.807, 2.05) is 30.3 Å². The Bertz CT molecular complexity index is 746. The number of aromatic nitrogens is 1. The van der Waals surface area contributed by atoms with Crippen LogP contribution in [0.5, 0.6) is 0 Å². The molecule has 0 aliphatic heterocycles. The van der Waals surface area contributed by atoms with E-state index in [0.29, 0.717) is 0 Å². The lowest BCUT2D eigenvalue weighted by molar-refractivity contribution is 1.49. The standard InChI is InChI=1S/C13H8BrNS/c14-8-5-6-12-10(7-8)13(16)9-3-1-2-4-11(9)15-12/h1-7H,(H,15,16). The van der Waals surface area contributed by atoms with Gasteiger partial charge in [0.05, 0.1) is 4.51 Å². The van der Waals surface area contributed by atoms with Crippen molar-refractivity contribution in [2.24, 2.45) is 0 Å². The van der Waals surface area contributed by atoms with Crippen LogP contribution in [0.3, 0.4) is 0 Å². The number of hydrogen-bond acceptors (Lipinski definition) is 1. The number of halogens is 1. The summed E-state index contributed by atoms with van der Waals surface area (Å²) in [6, 6.07) is 14.2. The van der Waals surface area contributed by atoms with Crippen molar-refractivity contribution < 1.29 is 0 Å². The molecular formula is C13H8BrNS. The van der Waals surface area contributed by atoms with Gasteiger partial charge in [0.1, 0.15) is 0 Å². The minimum Gasteiger partial charge on any atom is -0.354 e. The molecule has 1 aromatic heterocycles. The fourth-order valence-electron chi connectivity index (χ4n) is 1.89. The summed E-state index contributed by atoms with van der Waals surface area (Å²) < 4.78 is 1.96. The third kappa shape index (κ3) is 1.47. The fourth-order valence-corrected chi connectivity index (χ4v) is 2.60. The summed E-state index contributed by atoms with van der Waals surface area (Å²) in [6.07, 6.45) is 0. The van der Waals surface area contributed by atoms with Gasteiger partial charge in [-0.3, -0.25) is 0 Å². The van der Waals surface area contributed by atoms with Crippen molar-refractivity contribution >= 4 is 50.0 Å². The van der Waals surface area contributed by atoms with Crippen LogP contribution in [0.25, 0.3) is 21.8 Å². The number of H-pyrrole nitrogens is 1. The predicted octanol–water partition coefficient (Wildman–Crippen LogP) is 4.81. The zero-order valence-corrected chi connectivity index (χ0v) is 10.7. The van der Waals surface area contributed by atoms with Gasteiger partial charge in [-0.05, 0) is 24.3 Å². The highest BCUT2D eigenvalue weighted by atomic mass is 79.9. The van der Waals surface area contributed by atoms with Crippen LogP contribution in [0, 0.1) is 4.51 Å². The first-order valence-electron chi connectivity index (χ1n) is 4.96. The highest BCUT2D eigenvalue weighted by Gasteiger charge is 2.01. The lowest BCUT2D eigenvalue weighted by Crippen LogP contribution is -1.83. The average Bonchev–Trinajstić information content (AvgIpc) is 2.31. The fraction of sp³-hybridized carbons (Fsp3) is 0. The number of aromatic amines is 1. The Kier molecular flexibility index (Phi) is 2.30. The van der Waals surface area contributed by atoms with E-state index < -0.39 is 0 Å². The van der Waals surface area contributed by atoms with E-state index in [1.165, 1.54) is 0 Å². The van der Waals surface area contributed by atoms with Gasteiger partial charge in [0.15, 0.2) is 0 Å². The van der Waals surface area contributed by atoms with Gasteiger partial charge in [-0.1, -0.05) is 46.3 Å². The van der Waals surface area contributed by atoms with Gasteiger partial charge in [-0.15, -0.1) is 0 Å². The summed E-state index contributed by atoms with van der Waals surface area (Å²) in [6.45, 7) is 0. The molecule has 0 radical (unpaired) electrons. The Hall–Kier alpha value is -1.19. The van der Waals surface area contributed by atoms with Gasteiger partial charge in [0, 0.05) is 26.3 Å². The molecule has 3 rings (SSSR count). The van der Waals surface area contributed by atoms with E-state index in [1.54, 1.807) is 0 Å². The molecular weight excluding hydrogens is 282 g/mol. The van der Waals surface area contributed by atoms with Gasteiger partial charge < -0.3 is 4.98 Å². The van der Waals surface area contributed by atoms with Crippen LogP contribution in [-0.2, 0) is 0 Å². The predicted molar refractivity (Wildman–Crippen MR) is 74.3 cm³/mol. The van der Waals surface area contributed by atoms with E-state index in [0.717, 1.165) is 30.8 Å². The van der Waals surface area contributed by atoms with Crippen molar-refractivity contribution in [3.63, 3.8) is 0 Å². The van der Waals surface area contributed by atoms with E-state index in [-0.39, 0.29) is 0 Å². The second-order valence-corrected chi connectivity index (χ2v) is 5.01. The minimum atomic E-state index is 0.908. The molecule has 0 aliphatic rings. The minimum absolute atomic E-state index is 0.908. The zero-order valence-electron chi connectivity index (χ0n) is 8.33. The van der Waals surface area contributed by atoms with Gasteiger partial charge in [-0.2, -0.15) is 0 Å². The third-order valence-corrected chi connectivity index (χ3v) is 3.60. The summed E-state index contributed by atoms with van der Waals surface area (Å²) in [5.41, 5.74) is 2.16. The molecule has 0 unspecified atom stereocenters. The van der Waals surface area contributed by atoms with E-state index in [4.69, 9.17) is 12.2 Å². The molecule has 16 heavy (non-hydrogen) atoms. The maximum Gasteiger partial charge on any atom is 0.0563 e. The third-order valence-electron chi connectivity index (χ3n) is 2.67. The van der Waals surface area contributed by atoms with Gasteiger partial charge in [0.2, 0.25) is 0 Å². The molecule has 0 bridgehead atoms. The van der Waals surface area contributed by atoms with Crippen molar-refractivity contribution in [2.75, 3.05) is 0 Å². The number of fused-ring (bicyclic) bond motifs is 2. The van der Waals surface area contributed by atoms with Crippen molar-refractivity contribution in [3.05, 3.63) is 51.4 Å². The molecule has 0 amide bonds. The van der Waals surface area contributed by atoms with Crippen LogP contribution in [0.2, 0.25) is 0 Å². The Labute approximate surface area is 106 Å². The molecule has 0 saturated carbocycles. The van der Waals surface area contributed by atoms with Crippen molar-refractivity contribution in [2.45, 2.75) is 0 Å². The molecule has 1 N–H and O–H groups in total. The summed E-state index contributed by atoms with van der Waals surface area (Å²) >= 11 is 8.98. The Balaban J connectivity index is 2.61. The second kappa shape index (κ2) is 3.68. The molecule has 2 aromatic carbocycles. The molecule has 1 heterocycles. The van der Waals surface area contributed by atoms with E-state index >= 15 is 0 Å². The SMILES string of the molecule is S=c1c2ccccc2[nH]c2ccc(Br)cc12. The van der Waals surface area contributed by atoms with Crippen molar-refractivity contribution in [1.82, 2.24) is 4.98 Å². The summed E-state index contributed by atoms with van der Waals surface area (Å²) in [5.74, 6) is 0. The number of nitrogens with one attached hydrogen (secondary N) is 1. The molecule has 3 heteroatoms. The van der Waals surface area contributed by atoms with Crippen LogP contribution in [-0.4, -0.2) is 4.98 Å². The largest absolute Gasteiger partial charge is 0.354 e. The van der Waals surface area contributed by atoms with Crippen LogP contribution in [0.1, 0.15) is 0 Å². The van der Waals surface area contributed by atoms with Crippen LogP contribution < -0.4 is 0 Å². The lowest BCUT2D eigenvalue weighted by Gasteiger charge is -2.04. The van der Waals surface area contributed by atoms with Gasteiger partial charge in [-0.25, -0.2) is 0 Å². The maximum atomic E-state index is 5.51. The zero-order chi connectivity index (χ0) is 11.1. The number of rotatable bonds is 0. The molecule has 0 saturated heterocycles. The average molecular weight is 290 g/mol. The van der Waals surface area contributed by atoms with Crippen molar-refractivity contribution in [3.8, 4) is 0 Å². The van der Waals surface area contributed by atoms with Crippen LogP contribution in [0.15, 0.2) is 46.9 Å². The molecule has 0 aliphatic carbocycles. The van der Waals surface area contributed by atoms with Crippen molar-refractivity contribution in [1.29, 1.82) is 0 Å². The Morgan fingerprint density at radius 2 is 1.69 bits per heavy atom.